The van der Waals surface area contributed by atoms with Crippen LogP contribution in [0.25, 0.3) is 28.1 Å². The van der Waals surface area contributed by atoms with E-state index in [1.54, 1.807) is 23.2 Å². The molecule has 0 saturated heterocycles. The highest BCUT2D eigenvalue weighted by molar-refractivity contribution is 5.78. The van der Waals surface area contributed by atoms with Crippen LogP contribution in [-0.4, -0.2) is 38.0 Å². The summed E-state index contributed by atoms with van der Waals surface area (Å²) in [6, 6.07) is 8.82. The van der Waals surface area contributed by atoms with E-state index in [-0.39, 0.29) is 5.82 Å². The van der Waals surface area contributed by atoms with Crippen molar-refractivity contribution in [1.29, 1.82) is 0 Å². The summed E-state index contributed by atoms with van der Waals surface area (Å²) in [5, 5.41) is 0. The number of benzene rings is 2. The Morgan fingerprint density at radius 2 is 2.00 bits per heavy atom. The number of hydrogen-bond donors (Lipinski definition) is 1. The van der Waals surface area contributed by atoms with Crippen LogP contribution in [0.15, 0.2) is 42.9 Å². The predicted molar refractivity (Wildman–Crippen MR) is 111 cm³/mol. The molecule has 0 amide bonds. The second kappa shape index (κ2) is 6.63. The molecule has 0 atom stereocenters. The van der Waals surface area contributed by atoms with Crippen molar-refractivity contribution in [3.8, 4) is 17.1 Å². The summed E-state index contributed by atoms with van der Waals surface area (Å²) in [4.78, 5) is 15.8. The molecular formula is C22H21FN6. The Morgan fingerprint density at radius 1 is 1.14 bits per heavy atom. The zero-order chi connectivity index (χ0) is 20.1. The quantitative estimate of drug-likeness (QED) is 0.569. The van der Waals surface area contributed by atoms with Gasteiger partial charge in [-0.3, -0.25) is 4.57 Å². The lowest BCUT2D eigenvalue weighted by Gasteiger charge is -2.27. The summed E-state index contributed by atoms with van der Waals surface area (Å²) >= 11 is 0. The molecule has 2 N–H and O–H groups in total. The van der Waals surface area contributed by atoms with Crippen molar-refractivity contribution in [3.63, 3.8) is 0 Å². The van der Waals surface area contributed by atoms with E-state index in [9.17, 15) is 4.39 Å². The van der Waals surface area contributed by atoms with Gasteiger partial charge in [-0.2, -0.15) is 0 Å². The molecule has 3 heterocycles. The fraction of sp³-hybridized carbons (Fsp3) is 0.227. The van der Waals surface area contributed by atoms with E-state index in [0.29, 0.717) is 17.2 Å². The lowest BCUT2D eigenvalue weighted by atomic mass is 9.92. The summed E-state index contributed by atoms with van der Waals surface area (Å²) in [5.74, 6) is 0.459. The van der Waals surface area contributed by atoms with Gasteiger partial charge < -0.3 is 10.6 Å². The molecule has 0 unspecified atom stereocenters. The molecule has 1 aliphatic rings. The lowest BCUT2D eigenvalue weighted by Crippen LogP contribution is -2.27. The smallest absolute Gasteiger partial charge is 0.182 e. The molecule has 0 spiro atoms. The van der Waals surface area contributed by atoms with Crippen molar-refractivity contribution in [2.45, 2.75) is 19.9 Å². The van der Waals surface area contributed by atoms with Crippen LogP contribution in [-0.2, 0) is 13.0 Å². The number of imidazole rings is 1. The van der Waals surface area contributed by atoms with E-state index in [0.717, 1.165) is 36.3 Å². The fourth-order valence-electron chi connectivity index (χ4n) is 4.07. The maximum atomic E-state index is 13.5. The Balaban J connectivity index is 1.63. The van der Waals surface area contributed by atoms with Gasteiger partial charge in [0, 0.05) is 24.7 Å². The van der Waals surface area contributed by atoms with Crippen molar-refractivity contribution in [1.82, 2.24) is 24.4 Å². The number of fused-ring (bicyclic) bond motifs is 2. The number of aromatic nitrogens is 4. The number of anilines is 1. The molecule has 6 nitrogen and oxygen atoms in total. The number of nitrogens with zero attached hydrogens (tertiary/aromatic N) is 5. The molecule has 5 rings (SSSR count). The van der Waals surface area contributed by atoms with Crippen LogP contribution in [0.1, 0.15) is 16.7 Å². The Morgan fingerprint density at radius 3 is 2.86 bits per heavy atom. The minimum atomic E-state index is -0.329. The molecule has 1 aliphatic heterocycles. The monoisotopic (exact) mass is 388 g/mol. The Bertz CT molecular complexity index is 1250. The maximum Gasteiger partial charge on any atom is 0.182 e. The Kier molecular flexibility index (Phi) is 4.06. The van der Waals surface area contributed by atoms with Gasteiger partial charge in [0.1, 0.15) is 12.1 Å². The van der Waals surface area contributed by atoms with Gasteiger partial charge in [-0.1, -0.05) is 0 Å². The van der Waals surface area contributed by atoms with E-state index in [2.05, 4.69) is 41.0 Å². The van der Waals surface area contributed by atoms with Gasteiger partial charge in [-0.25, -0.2) is 19.3 Å². The van der Waals surface area contributed by atoms with E-state index in [1.807, 2.05) is 0 Å². The highest BCUT2D eigenvalue weighted by atomic mass is 19.1. The molecule has 0 bridgehead atoms. The normalized spacial score (nSPS) is 14.3. The minimum Gasteiger partial charge on any atom is -0.381 e. The maximum absolute atomic E-state index is 13.5. The molecule has 2 aromatic carbocycles. The predicted octanol–water partition coefficient (Wildman–Crippen LogP) is 3.50. The molecule has 0 aliphatic carbocycles. The first-order valence-corrected chi connectivity index (χ1v) is 9.56. The van der Waals surface area contributed by atoms with Crippen molar-refractivity contribution in [2.75, 3.05) is 19.3 Å². The summed E-state index contributed by atoms with van der Waals surface area (Å²) in [5.41, 5.74) is 13.2. The number of halogens is 1. The third-order valence-corrected chi connectivity index (χ3v) is 5.56. The molecule has 29 heavy (non-hydrogen) atoms. The Hall–Kier alpha value is -3.32. The van der Waals surface area contributed by atoms with Crippen molar-refractivity contribution in [3.05, 3.63) is 65.4 Å². The van der Waals surface area contributed by atoms with Gasteiger partial charge in [0.25, 0.3) is 0 Å². The van der Waals surface area contributed by atoms with Crippen LogP contribution < -0.4 is 5.73 Å². The first-order valence-electron chi connectivity index (χ1n) is 9.56. The number of rotatable bonds is 2. The number of aryl methyl sites for hydroxylation is 1. The van der Waals surface area contributed by atoms with Crippen LogP contribution in [0.4, 0.5) is 10.2 Å². The average Bonchev–Trinajstić information content (AvgIpc) is 3.10. The highest BCUT2D eigenvalue weighted by Crippen LogP contribution is 2.29. The number of nitrogen functional groups attached to an aromatic ring is 1. The van der Waals surface area contributed by atoms with Crippen molar-refractivity contribution >= 4 is 16.9 Å². The third-order valence-electron chi connectivity index (χ3n) is 5.56. The van der Waals surface area contributed by atoms with Crippen LogP contribution in [0.3, 0.4) is 0 Å². The van der Waals surface area contributed by atoms with Gasteiger partial charge in [0.15, 0.2) is 11.6 Å². The lowest BCUT2D eigenvalue weighted by molar-refractivity contribution is 0.312. The summed E-state index contributed by atoms with van der Waals surface area (Å²) in [7, 11) is 2.14. The number of hydrogen-bond acceptors (Lipinski definition) is 5. The van der Waals surface area contributed by atoms with Gasteiger partial charge in [-0.15, -0.1) is 0 Å². The summed E-state index contributed by atoms with van der Waals surface area (Å²) in [6.45, 7) is 4.15. The first-order chi connectivity index (χ1) is 14.0. The van der Waals surface area contributed by atoms with E-state index < -0.39 is 0 Å². The topological polar surface area (TPSA) is 72.9 Å². The molecule has 4 aromatic rings. The SMILES string of the molecule is Cc1cc(-c2cnc(N)c(-n3cnc4cc(F)ccc43)n2)cc2c1CCN(C)C2. The molecule has 2 aromatic heterocycles. The van der Waals surface area contributed by atoms with Crippen LogP contribution in [0.5, 0.6) is 0 Å². The van der Waals surface area contributed by atoms with Crippen LogP contribution in [0, 0.1) is 12.7 Å². The largest absolute Gasteiger partial charge is 0.381 e. The molecule has 0 fully saturated rings. The third kappa shape index (κ3) is 3.03. The number of likely N-dealkylation sites (N-methyl/N-ethyl adjacent to an activating group) is 1. The second-order valence-corrected chi connectivity index (χ2v) is 7.63. The van der Waals surface area contributed by atoms with Crippen molar-refractivity contribution in [2.24, 2.45) is 0 Å². The molecule has 0 radical (unpaired) electrons. The zero-order valence-electron chi connectivity index (χ0n) is 16.4. The standard InChI is InChI=1S/C22H21FN6/c1-13-7-14(8-15-11-28(2)6-5-17(13)15)19-10-25-21(24)22(27-19)29-12-26-18-9-16(23)3-4-20(18)29/h3-4,7-10,12H,5-6,11H2,1-2H3,(H2,24,25). The van der Waals surface area contributed by atoms with Gasteiger partial charge in [-0.05, 0) is 61.3 Å². The molecule has 146 valence electrons. The van der Waals surface area contributed by atoms with Gasteiger partial charge in [0.05, 0.1) is 22.9 Å². The molecular weight excluding hydrogens is 367 g/mol. The highest BCUT2D eigenvalue weighted by Gasteiger charge is 2.18. The van der Waals surface area contributed by atoms with Gasteiger partial charge >= 0.3 is 0 Å². The molecule has 7 heteroatoms. The van der Waals surface area contributed by atoms with Gasteiger partial charge in [0.2, 0.25) is 0 Å². The van der Waals surface area contributed by atoms with E-state index in [1.165, 1.54) is 28.8 Å². The van der Waals surface area contributed by atoms with Crippen LogP contribution in [0.2, 0.25) is 0 Å². The zero-order valence-corrected chi connectivity index (χ0v) is 16.4. The molecule has 0 saturated carbocycles. The van der Waals surface area contributed by atoms with E-state index >= 15 is 0 Å². The fourth-order valence-corrected chi connectivity index (χ4v) is 4.07. The summed E-state index contributed by atoms with van der Waals surface area (Å²) < 4.78 is 15.3. The minimum absolute atomic E-state index is 0.298. The number of nitrogens with two attached hydrogens (primary N) is 1. The van der Waals surface area contributed by atoms with Crippen molar-refractivity contribution < 1.29 is 4.39 Å². The summed E-state index contributed by atoms with van der Waals surface area (Å²) in [6.07, 6.45) is 4.36. The average molecular weight is 388 g/mol. The van der Waals surface area contributed by atoms with E-state index in [4.69, 9.17) is 10.7 Å². The second-order valence-electron chi connectivity index (χ2n) is 7.63. The Labute approximate surface area is 167 Å². The van der Waals surface area contributed by atoms with Crippen LogP contribution >= 0.6 is 0 Å². The first kappa shape index (κ1) is 17.8.